The third kappa shape index (κ3) is 2.80. The van der Waals surface area contributed by atoms with Crippen molar-refractivity contribution < 1.29 is 8.42 Å². The quantitative estimate of drug-likeness (QED) is 0.804. The van der Waals surface area contributed by atoms with Crippen molar-refractivity contribution in [3.63, 3.8) is 0 Å². The lowest BCUT2D eigenvalue weighted by atomic mass is 10.3. The van der Waals surface area contributed by atoms with Crippen LogP contribution in [0.5, 0.6) is 0 Å². The molecule has 0 bridgehead atoms. The zero-order chi connectivity index (χ0) is 12.6. The van der Waals surface area contributed by atoms with Crippen LogP contribution >= 0.6 is 11.6 Å². The van der Waals surface area contributed by atoms with E-state index in [0.29, 0.717) is 16.4 Å². The number of benzene rings is 1. The summed E-state index contributed by atoms with van der Waals surface area (Å²) in [5, 5.41) is 0.431. The van der Waals surface area contributed by atoms with Crippen LogP contribution in [-0.2, 0) is 10.0 Å². The molecule has 16 heavy (non-hydrogen) atoms. The standard InChI is InChI=1S/C10H15ClN2O2S/c1-10(2,3)16(14,15)13-9-6-7(11)4-5-8(9)12/h4-6,13H,12H2,1-3H3. The largest absolute Gasteiger partial charge is 0.397 e. The molecule has 1 aromatic rings. The van der Waals surface area contributed by atoms with Crippen molar-refractivity contribution in [1.29, 1.82) is 0 Å². The summed E-state index contributed by atoms with van der Waals surface area (Å²) < 4.78 is 25.3. The van der Waals surface area contributed by atoms with Crippen LogP contribution in [0.2, 0.25) is 5.02 Å². The fourth-order valence-corrected chi connectivity index (χ4v) is 1.86. The van der Waals surface area contributed by atoms with Crippen LogP contribution in [0.4, 0.5) is 11.4 Å². The van der Waals surface area contributed by atoms with E-state index in [4.69, 9.17) is 17.3 Å². The number of nitrogens with two attached hydrogens (primary N) is 1. The Morgan fingerprint density at radius 3 is 2.38 bits per heavy atom. The second kappa shape index (κ2) is 4.14. The van der Waals surface area contributed by atoms with Gasteiger partial charge in [-0.05, 0) is 39.0 Å². The predicted molar refractivity (Wildman–Crippen MR) is 68.2 cm³/mol. The van der Waals surface area contributed by atoms with Gasteiger partial charge in [-0.25, -0.2) is 8.42 Å². The van der Waals surface area contributed by atoms with Gasteiger partial charge in [0.2, 0.25) is 10.0 Å². The van der Waals surface area contributed by atoms with Gasteiger partial charge < -0.3 is 5.73 Å². The Morgan fingerprint density at radius 2 is 1.88 bits per heavy atom. The monoisotopic (exact) mass is 262 g/mol. The van der Waals surface area contributed by atoms with Gasteiger partial charge in [-0.15, -0.1) is 0 Å². The van der Waals surface area contributed by atoms with E-state index in [1.54, 1.807) is 32.9 Å². The van der Waals surface area contributed by atoms with E-state index in [0.717, 1.165) is 0 Å². The Bertz CT molecular complexity index is 492. The Labute approximate surface area is 101 Å². The second-order valence-corrected chi connectivity index (χ2v) is 7.32. The molecule has 0 radical (unpaired) electrons. The summed E-state index contributed by atoms with van der Waals surface area (Å²) in [5.74, 6) is 0. The molecule has 0 saturated heterocycles. The normalized spacial score (nSPS) is 12.5. The first-order chi connectivity index (χ1) is 7.13. The second-order valence-electron chi connectivity index (χ2n) is 4.45. The van der Waals surface area contributed by atoms with Crippen molar-refractivity contribution >= 4 is 33.0 Å². The van der Waals surface area contributed by atoms with Crippen molar-refractivity contribution in [2.75, 3.05) is 10.5 Å². The lowest BCUT2D eigenvalue weighted by molar-refractivity contribution is 0.566. The molecular formula is C10H15ClN2O2S. The molecule has 0 amide bonds. The summed E-state index contributed by atoms with van der Waals surface area (Å²) in [6.45, 7) is 4.82. The van der Waals surface area contributed by atoms with E-state index < -0.39 is 14.8 Å². The van der Waals surface area contributed by atoms with Crippen molar-refractivity contribution in [1.82, 2.24) is 0 Å². The molecule has 0 heterocycles. The number of rotatable bonds is 2. The topological polar surface area (TPSA) is 72.2 Å². The molecule has 0 unspecified atom stereocenters. The van der Waals surface area contributed by atoms with Crippen molar-refractivity contribution in [3.05, 3.63) is 23.2 Å². The van der Waals surface area contributed by atoms with E-state index in [1.165, 1.54) is 6.07 Å². The lowest BCUT2D eigenvalue weighted by Gasteiger charge is -2.21. The maximum absolute atomic E-state index is 11.9. The van der Waals surface area contributed by atoms with Gasteiger partial charge in [0.15, 0.2) is 0 Å². The minimum absolute atomic E-state index is 0.308. The molecule has 0 atom stereocenters. The Balaban J connectivity index is 3.11. The molecule has 0 aliphatic carbocycles. The number of halogens is 1. The van der Waals surface area contributed by atoms with Crippen molar-refractivity contribution in [3.8, 4) is 0 Å². The third-order valence-electron chi connectivity index (χ3n) is 2.07. The Morgan fingerprint density at radius 1 is 1.31 bits per heavy atom. The highest BCUT2D eigenvalue weighted by Gasteiger charge is 2.29. The average Bonchev–Trinajstić information content (AvgIpc) is 2.09. The molecule has 0 saturated carbocycles. The Kier molecular flexibility index (Phi) is 3.40. The van der Waals surface area contributed by atoms with E-state index in [9.17, 15) is 8.42 Å². The molecule has 1 rings (SSSR count). The summed E-state index contributed by atoms with van der Waals surface area (Å²) in [6, 6.07) is 4.65. The molecule has 0 aromatic heterocycles. The number of sulfonamides is 1. The van der Waals surface area contributed by atoms with Gasteiger partial charge >= 0.3 is 0 Å². The van der Waals surface area contributed by atoms with Crippen LogP contribution in [0.25, 0.3) is 0 Å². The van der Waals surface area contributed by atoms with Crippen LogP contribution in [-0.4, -0.2) is 13.2 Å². The van der Waals surface area contributed by atoms with E-state index in [-0.39, 0.29) is 0 Å². The van der Waals surface area contributed by atoms with Crippen LogP contribution in [0.15, 0.2) is 18.2 Å². The zero-order valence-corrected chi connectivity index (χ0v) is 11.0. The summed E-state index contributed by atoms with van der Waals surface area (Å²) in [6.07, 6.45) is 0. The average molecular weight is 263 g/mol. The van der Waals surface area contributed by atoms with Crippen molar-refractivity contribution in [2.45, 2.75) is 25.5 Å². The van der Waals surface area contributed by atoms with Gasteiger partial charge in [0.1, 0.15) is 0 Å². The molecule has 0 aliphatic rings. The fourth-order valence-electron chi connectivity index (χ4n) is 0.915. The molecule has 4 nitrogen and oxygen atoms in total. The van der Waals surface area contributed by atoms with Gasteiger partial charge in [-0.2, -0.15) is 0 Å². The molecule has 1 aromatic carbocycles. The fraction of sp³-hybridized carbons (Fsp3) is 0.400. The molecule has 90 valence electrons. The van der Waals surface area contributed by atoms with Gasteiger partial charge in [0.05, 0.1) is 16.1 Å². The van der Waals surface area contributed by atoms with Gasteiger partial charge in [0, 0.05) is 5.02 Å². The van der Waals surface area contributed by atoms with Crippen LogP contribution < -0.4 is 10.5 Å². The summed E-state index contributed by atoms with van der Waals surface area (Å²) in [7, 11) is -3.48. The maximum atomic E-state index is 11.9. The van der Waals surface area contributed by atoms with E-state index in [1.807, 2.05) is 0 Å². The predicted octanol–water partition coefficient (Wildman–Crippen LogP) is 2.46. The molecule has 0 fully saturated rings. The lowest BCUT2D eigenvalue weighted by Crippen LogP contribution is -2.33. The van der Waals surface area contributed by atoms with Crippen LogP contribution in [0.3, 0.4) is 0 Å². The van der Waals surface area contributed by atoms with Gasteiger partial charge in [-0.1, -0.05) is 11.6 Å². The zero-order valence-electron chi connectivity index (χ0n) is 9.41. The first kappa shape index (κ1) is 13.1. The first-order valence-electron chi connectivity index (χ1n) is 4.71. The number of anilines is 2. The Hall–Kier alpha value is -0.940. The van der Waals surface area contributed by atoms with Gasteiger partial charge in [0.25, 0.3) is 0 Å². The smallest absolute Gasteiger partial charge is 0.237 e. The molecule has 6 heteroatoms. The number of nitrogen functional groups attached to an aromatic ring is 1. The first-order valence-corrected chi connectivity index (χ1v) is 6.57. The molecule has 0 spiro atoms. The third-order valence-corrected chi connectivity index (χ3v) is 4.40. The number of hydrogen-bond acceptors (Lipinski definition) is 3. The maximum Gasteiger partial charge on any atom is 0.237 e. The summed E-state index contributed by atoms with van der Waals surface area (Å²) in [5.41, 5.74) is 6.31. The minimum atomic E-state index is -3.48. The highest BCUT2D eigenvalue weighted by atomic mass is 35.5. The van der Waals surface area contributed by atoms with E-state index >= 15 is 0 Å². The van der Waals surface area contributed by atoms with Gasteiger partial charge in [-0.3, -0.25) is 4.72 Å². The van der Waals surface area contributed by atoms with Crippen molar-refractivity contribution in [2.24, 2.45) is 0 Å². The minimum Gasteiger partial charge on any atom is -0.397 e. The van der Waals surface area contributed by atoms with Crippen LogP contribution in [0, 0.1) is 0 Å². The molecule has 0 aliphatic heterocycles. The summed E-state index contributed by atoms with van der Waals surface area (Å²) >= 11 is 5.77. The summed E-state index contributed by atoms with van der Waals surface area (Å²) in [4.78, 5) is 0. The highest BCUT2D eigenvalue weighted by molar-refractivity contribution is 7.94. The SMILES string of the molecule is CC(C)(C)S(=O)(=O)Nc1cc(Cl)ccc1N. The molecular weight excluding hydrogens is 248 g/mol. The van der Waals surface area contributed by atoms with Crippen LogP contribution in [0.1, 0.15) is 20.8 Å². The molecule has 3 N–H and O–H groups in total. The number of nitrogens with one attached hydrogen (secondary N) is 1. The number of hydrogen-bond donors (Lipinski definition) is 2. The van der Waals surface area contributed by atoms with E-state index in [2.05, 4.69) is 4.72 Å². The highest BCUT2D eigenvalue weighted by Crippen LogP contribution is 2.26.